The van der Waals surface area contributed by atoms with Gasteiger partial charge < -0.3 is 15.7 Å². The minimum Gasteiger partial charge on any atom is -0.393 e. The van der Waals surface area contributed by atoms with E-state index in [4.69, 9.17) is 11.6 Å². The number of carbonyl (C=O) groups excluding carboxylic acids is 2. The maximum absolute atomic E-state index is 11.9. The van der Waals surface area contributed by atoms with Crippen molar-refractivity contribution in [3.8, 4) is 0 Å². The van der Waals surface area contributed by atoms with Gasteiger partial charge in [0, 0.05) is 23.2 Å². The fourth-order valence-corrected chi connectivity index (χ4v) is 2.81. The van der Waals surface area contributed by atoms with E-state index in [2.05, 4.69) is 10.6 Å². The van der Waals surface area contributed by atoms with Crippen molar-refractivity contribution in [2.24, 2.45) is 5.92 Å². The van der Waals surface area contributed by atoms with E-state index in [1.807, 2.05) is 6.92 Å². The molecular formula is C16H21ClN2O3. The number of hydrogen-bond acceptors (Lipinski definition) is 3. The minimum atomic E-state index is -0.726. The Morgan fingerprint density at radius 3 is 2.73 bits per heavy atom. The molecule has 1 aliphatic carbocycles. The molecule has 0 aromatic heterocycles. The van der Waals surface area contributed by atoms with Crippen molar-refractivity contribution < 1.29 is 14.7 Å². The molecule has 120 valence electrons. The predicted molar refractivity (Wildman–Crippen MR) is 85.8 cm³/mol. The Hall–Kier alpha value is -1.59. The van der Waals surface area contributed by atoms with E-state index >= 15 is 0 Å². The third kappa shape index (κ3) is 4.45. The number of nitrogens with one attached hydrogen (secondary N) is 2. The second-order valence-corrected chi connectivity index (χ2v) is 6.17. The zero-order valence-corrected chi connectivity index (χ0v) is 13.3. The van der Waals surface area contributed by atoms with Crippen molar-refractivity contribution in [1.82, 2.24) is 5.32 Å². The van der Waals surface area contributed by atoms with Gasteiger partial charge in [0.05, 0.1) is 6.10 Å². The average molecular weight is 325 g/mol. The Balaban J connectivity index is 1.86. The summed E-state index contributed by atoms with van der Waals surface area (Å²) in [6.07, 6.45) is 3.29. The number of hydrogen-bond donors (Lipinski definition) is 3. The molecular weight excluding hydrogens is 304 g/mol. The number of halogens is 1. The summed E-state index contributed by atoms with van der Waals surface area (Å²) in [6.45, 7) is 2.14. The van der Waals surface area contributed by atoms with Crippen molar-refractivity contribution in [2.45, 2.75) is 38.7 Å². The van der Waals surface area contributed by atoms with Crippen LogP contribution < -0.4 is 10.6 Å². The first kappa shape index (κ1) is 16.8. The average Bonchev–Trinajstić information content (AvgIpc) is 2.49. The van der Waals surface area contributed by atoms with Gasteiger partial charge in [-0.1, -0.05) is 30.5 Å². The maximum atomic E-state index is 11.9. The van der Waals surface area contributed by atoms with E-state index in [1.165, 1.54) is 0 Å². The lowest BCUT2D eigenvalue weighted by Gasteiger charge is -2.27. The summed E-state index contributed by atoms with van der Waals surface area (Å²) in [4.78, 5) is 23.8. The summed E-state index contributed by atoms with van der Waals surface area (Å²) in [5, 5.41) is 15.5. The SMILES string of the molecule is Cc1ccc(Cl)cc1NC(=O)C(=O)NC[C@@H]1CCCC[C@H]1O. The third-order valence-corrected chi connectivity index (χ3v) is 4.28. The van der Waals surface area contributed by atoms with E-state index in [1.54, 1.807) is 18.2 Å². The molecule has 1 aromatic carbocycles. The molecule has 1 aromatic rings. The van der Waals surface area contributed by atoms with Crippen molar-refractivity contribution >= 4 is 29.1 Å². The molecule has 0 radical (unpaired) electrons. The highest BCUT2D eigenvalue weighted by Gasteiger charge is 2.24. The maximum Gasteiger partial charge on any atom is 0.313 e. The van der Waals surface area contributed by atoms with Crippen LogP contribution in [0.3, 0.4) is 0 Å². The molecule has 1 aliphatic rings. The molecule has 2 rings (SSSR count). The highest BCUT2D eigenvalue weighted by Crippen LogP contribution is 2.23. The Kier molecular flexibility index (Phi) is 5.80. The highest BCUT2D eigenvalue weighted by molar-refractivity contribution is 6.40. The molecule has 2 atom stereocenters. The largest absolute Gasteiger partial charge is 0.393 e. The van der Waals surface area contributed by atoms with Crippen molar-refractivity contribution in [3.63, 3.8) is 0 Å². The molecule has 1 saturated carbocycles. The zero-order chi connectivity index (χ0) is 16.1. The molecule has 0 heterocycles. The van der Waals surface area contributed by atoms with Crippen molar-refractivity contribution in [3.05, 3.63) is 28.8 Å². The van der Waals surface area contributed by atoms with Crippen LogP contribution >= 0.6 is 11.6 Å². The molecule has 6 heteroatoms. The topological polar surface area (TPSA) is 78.4 Å². The molecule has 2 amide bonds. The first-order valence-corrected chi connectivity index (χ1v) is 7.88. The first-order chi connectivity index (χ1) is 10.5. The molecule has 0 saturated heterocycles. The van der Waals surface area contributed by atoms with E-state index < -0.39 is 17.9 Å². The Labute approximate surface area is 135 Å². The van der Waals surface area contributed by atoms with Crippen LogP contribution in [0.25, 0.3) is 0 Å². The number of rotatable bonds is 3. The van der Waals surface area contributed by atoms with Crippen LogP contribution in [0.4, 0.5) is 5.69 Å². The van der Waals surface area contributed by atoms with E-state index in [0.29, 0.717) is 17.3 Å². The molecule has 22 heavy (non-hydrogen) atoms. The zero-order valence-electron chi connectivity index (χ0n) is 12.6. The van der Waals surface area contributed by atoms with Gasteiger partial charge in [0.25, 0.3) is 0 Å². The summed E-state index contributed by atoms with van der Waals surface area (Å²) in [6, 6.07) is 5.10. The number of benzene rings is 1. The number of amides is 2. The van der Waals surface area contributed by atoms with Gasteiger partial charge in [-0.15, -0.1) is 0 Å². The van der Waals surface area contributed by atoms with Crippen molar-refractivity contribution in [2.75, 3.05) is 11.9 Å². The Bertz CT molecular complexity index is 562. The predicted octanol–water partition coefficient (Wildman–Crippen LogP) is 2.25. The van der Waals surface area contributed by atoms with Gasteiger partial charge in [-0.3, -0.25) is 9.59 Å². The van der Waals surface area contributed by atoms with Crippen LogP contribution in [0.15, 0.2) is 18.2 Å². The number of aliphatic hydroxyl groups is 1. The lowest BCUT2D eigenvalue weighted by atomic mass is 9.86. The Morgan fingerprint density at radius 2 is 2.00 bits per heavy atom. The number of carbonyl (C=O) groups is 2. The van der Waals surface area contributed by atoms with E-state index in [9.17, 15) is 14.7 Å². The van der Waals surface area contributed by atoms with Gasteiger partial charge in [-0.2, -0.15) is 0 Å². The van der Waals surface area contributed by atoms with Crippen LogP contribution in [0.2, 0.25) is 5.02 Å². The normalized spacial score (nSPS) is 21.2. The summed E-state index contributed by atoms with van der Waals surface area (Å²) >= 11 is 5.88. The van der Waals surface area contributed by atoms with Crippen LogP contribution in [-0.4, -0.2) is 29.6 Å². The summed E-state index contributed by atoms with van der Waals surface area (Å²) in [5.41, 5.74) is 1.35. The molecule has 0 unspecified atom stereocenters. The quantitative estimate of drug-likeness (QED) is 0.746. The van der Waals surface area contributed by atoms with E-state index in [0.717, 1.165) is 31.2 Å². The van der Waals surface area contributed by atoms with Crippen LogP contribution in [0.5, 0.6) is 0 Å². The second-order valence-electron chi connectivity index (χ2n) is 5.74. The van der Waals surface area contributed by atoms with Gasteiger partial charge >= 0.3 is 11.8 Å². The lowest BCUT2D eigenvalue weighted by molar-refractivity contribution is -0.136. The molecule has 0 aliphatic heterocycles. The lowest BCUT2D eigenvalue weighted by Crippen LogP contribution is -2.41. The summed E-state index contributed by atoms with van der Waals surface area (Å²) in [7, 11) is 0. The molecule has 0 spiro atoms. The van der Waals surface area contributed by atoms with Crippen LogP contribution in [0, 0.1) is 12.8 Å². The monoisotopic (exact) mass is 324 g/mol. The molecule has 0 bridgehead atoms. The fourth-order valence-electron chi connectivity index (χ4n) is 2.64. The molecule has 1 fully saturated rings. The number of aliphatic hydroxyl groups excluding tert-OH is 1. The number of aryl methyl sites for hydroxylation is 1. The van der Waals surface area contributed by atoms with Gasteiger partial charge in [0.2, 0.25) is 0 Å². The molecule has 3 N–H and O–H groups in total. The smallest absolute Gasteiger partial charge is 0.313 e. The van der Waals surface area contributed by atoms with Crippen LogP contribution in [-0.2, 0) is 9.59 Å². The standard InChI is InChI=1S/C16H21ClN2O3/c1-10-6-7-12(17)8-13(10)19-16(22)15(21)18-9-11-4-2-3-5-14(11)20/h6-8,11,14,20H,2-5,9H2,1H3,(H,18,21)(H,19,22)/t11-,14+/m0/s1. The van der Waals surface area contributed by atoms with Gasteiger partial charge in [0.15, 0.2) is 0 Å². The van der Waals surface area contributed by atoms with Gasteiger partial charge in [-0.25, -0.2) is 0 Å². The number of anilines is 1. The first-order valence-electron chi connectivity index (χ1n) is 7.51. The summed E-state index contributed by atoms with van der Waals surface area (Å²) in [5.74, 6) is -1.40. The Morgan fingerprint density at radius 1 is 1.27 bits per heavy atom. The van der Waals surface area contributed by atoms with E-state index in [-0.39, 0.29) is 5.92 Å². The summed E-state index contributed by atoms with van der Waals surface area (Å²) < 4.78 is 0. The van der Waals surface area contributed by atoms with Crippen molar-refractivity contribution in [1.29, 1.82) is 0 Å². The highest BCUT2D eigenvalue weighted by atomic mass is 35.5. The second kappa shape index (κ2) is 7.61. The minimum absolute atomic E-state index is 0.0263. The van der Waals surface area contributed by atoms with Gasteiger partial charge in [-0.05, 0) is 37.5 Å². The van der Waals surface area contributed by atoms with Crippen LogP contribution in [0.1, 0.15) is 31.2 Å². The molecule has 5 nitrogen and oxygen atoms in total. The fraction of sp³-hybridized carbons (Fsp3) is 0.500. The van der Waals surface area contributed by atoms with Gasteiger partial charge in [0.1, 0.15) is 0 Å². The third-order valence-electron chi connectivity index (χ3n) is 4.05.